The van der Waals surface area contributed by atoms with E-state index in [1.165, 1.54) is 0 Å². The molecular formula is C14H11N3O. The van der Waals surface area contributed by atoms with Gasteiger partial charge in [0.15, 0.2) is 0 Å². The Morgan fingerprint density at radius 1 is 1.06 bits per heavy atom. The summed E-state index contributed by atoms with van der Waals surface area (Å²) >= 11 is 0. The number of nitrogens with zero attached hydrogens (tertiary/aromatic N) is 2. The predicted octanol–water partition coefficient (Wildman–Crippen LogP) is 3.27. The van der Waals surface area contributed by atoms with Gasteiger partial charge in [-0.15, -0.1) is 0 Å². The highest BCUT2D eigenvalue weighted by molar-refractivity contribution is 5.80. The van der Waals surface area contributed by atoms with Crippen molar-refractivity contribution in [3.8, 4) is 0 Å². The van der Waals surface area contributed by atoms with Crippen LogP contribution in [0.4, 0.5) is 5.82 Å². The molecule has 0 aliphatic heterocycles. The van der Waals surface area contributed by atoms with Crippen molar-refractivity contribution in [2.45, 2.75) is 0 Å². The van der Waals surface area contributed by atoms with E-state index in [1.807, 2.05) is 48.5 Å². The van der Waals surface area contributed by atoms with Gasteiger partial charge in [-0.1, -0.05) is 18.2 Å². The first-order valence-corrected chi connectivity index (χ1v) is 5.60. The second-order valence-electron chi connectivity index (χ2n) is 3.77. The molecule has 1 N–H and O–H groups in total. The van der Waals surface area contributed by atoms with E-state index in [1.54, 1.807) is 12.5 Å². The Balaban J connectivity index is 1.78. The fourth-order valence-electron chi connectivity index (χ4n) is 1.66. The molecule has 0 radical (unpaired) electrons. The standard InChI is InChI=1S/C14H11N3O/c1-2-6-13-11(4-1)7-8-14(16-13)17-15-10-12-5-3-9-18-12/h1-10H,(H,16,17)/b15-10+. The van der Waals surface area contributed by atoms with Crippen LogP contribution < -0.4 is 5.43 Å². The number of nitrogens with one attached hydrogen (secondary N) is 1. The van der Waals surface area contributed by atoms with Crippen LogP contribution in [-0.2, 0) is 0 Å². The Hall–Kier alpha value is -2.62. The maximum Gasteiger partial charge on any atom is 0.146 e. The van der Waals surface area contributed by atoms with Crippen LogP contribution in [-0.4, -0.2) is 11.2 Å². The highest BCUT2D eigenvalue weighted by Crippen LogP contribution is 2.14. The number of hydrazone groups is 1. The SMILES string of the molecule is C(=N\Nc1ccc2ccccc2n1)/c1ccco1. The Morgan fingerprint density at radius 2 is 2.00 bits per heavy atom. The molecule has 0 atom stereocenters. The fourth-order valence-corrected chi connectivity index (χ4v) is 1.66. The summed E-state index contributed by atoms with van der Waals surface area (Å²) in [5, 5.41) is 5.17. The minimum Gasteiger partial charge on any atom is -0.463 e. The van der Waals surface area contributed by atoms with E-state index in [2.05, 4.69) is 15.5 Å². The van der Waals surface area contributed by atoms with Crippen molar-refractivity contribution in [2.75, 3.05) is 5.43 Å². The van der Waals surface area contributed by atoms with Crippen molar-refractivity contribution in [1.82, 2.24) is 4.98 Å². The molecule has 0 amide bonds. The predicted molar refractivity (Wildman–Crippen MR) is 71.7 cm³/mol. The van der Waals surface area contributed by atoms with E-state index in [9.17, 15) is 0 Å². The molecule has 2 heterocycles. The molecule has 0 bridgehead atoms. The first-order valence-electron chi connectivity index (χ1n) is 5.60. The van der Waals surface area contributed by atoms with Crippen molar-refractivity contribution in [2.24, 2.45) is 5.10 Å². The second kappa shape index (κ2) is 4.71. The number of furan rings is 1. The topological polar surface area (TPSA) is 50.4 Å². The zero-order valence-electron chi connectivity index (χ0n) is 9.58. The van der Waals surface area contributed by atoms with E-state index in [0.717, 1.165) is 10.9 Å². The first kappa shape index (κ1) is 10.5. The quantitative estimate of drug-likeness (QED) is 0.561. The van der Waals surface area contributed by atoms with Crippen molar-refractivity contribution >= 4 is 22.9 Å². The number of benzene rings is 1. The number of hydrogen-bond donors (Lipinski definition) is 1. The van der Waals surface area contributed by atoms with Crippen molar-refractivity contribution < 1.29 is 4.42 Å². The summed E-state index contributed by atoms with van der Waals surface area (Å²) < 4.78 is 5.13. The molecule has 4 nitrogen and oxygen atoms in total. The molecule has 1 aromatic carbocycles. The average Bonchev–Trinajstić information content (AvgIpc) is 2.92. The lowest BCUT2D eigenvalue weighted by Crippen LogP contribution is -1.93. The van der Waals surface area contributed by atoms with Gasteiger partial charge in [-0.25, -0.2) is 4.98 Å². The lowest BCUT2D eigenvalue weighted by Gasteiger charge is -2.01. The summed E-state index contributed by atoms with van der Waals surface area (Å²) in [4.78, 5) is 4.44. The summed E-state index contributed by atoms with van der Waals surface area (Å²) in [6.07, 6.45) is 3.21. The number of rotatable bonds is 3. The lowest BCUT2D eigenvalue weighted by atomic mass is 10.2. The van der Waals surface area contributed by atoms with Gasteiger partial charge >= 0.3 is 0 Å². The number of fused-ring (bicyclic) bond motifs is 1. The molecule has 4 heteroatoms. The van der Waals surface area contributed by atoms with Gasteiger partial charge in [-0.05, 0) is 30.3 Å². The molecule has 88 valence electrons. The molecule has 0 saturated heterocycles. The zero-order valence-corrected chi connectivity index (χ0v) is 9.58. The van der Waals surface area contributed by atoms with Gasteiger partial charge in [0.25, 0.3) is 0 Å². The Labute approximate surface area is 104 Å². The van der Waals surface area contributed by atoms with Gasteiger partial charge in [0.1, 0.15) is 11.6 Å². The van der Waals surface area contributed by atoms with Gasteiger partial charge in [0.05, 0.1) is 18.0 Å². The molecule has 0 aliphatic carbocycles. The van der Waals surface area contributed by atoms with Crippen LogP contribution in [0.25, 0.3) is 10.9 Å². The number of anilines is 1. The van der Waals surface area contributed by atoms with Gasteiger partial charge in [-0.3, -0.25) is 5.43 Å². The minimum atomic E-state index is 0.697. The van der Waals surface area contributed by atoms with Crippen LogP contribution in [0, 0.1) is 0 Å². The van der Waals surface area contributed by atoms with E-state index in [-0.39, 0.29) is 0 Å². The van der Waals surface area contributed by atoms with E-state index in [0.29, 0.717) is 11.6 Å². The Morgan fingerprint density at radius 3 is 2.89 bits per heavy atom. The monoisotopic (exact) mass is 237 g/mol. The van der Waals surface area contributed by atoms with E-state index >= 15 is 0 Å². The number of aromatic nitrogens is 1. The normalized spacial score (nSPS) is 11.1. The zero-order chi connectivity index (χ0) is 12.2. The minimum absolute atomic E-state index is 0.697. The molecule has 3 aromatic rings. The second-order valence-corrected chi connectivity index (χ2v) is 3.77. The summed E-state index contributed by atoms with van der Waals surface area (Å²) in [6, 6.07) is 15.5. The first-order chi connectivity index (χ1) is 8.92. The largest absolute Gasteiger partial charge is 0.463 e. The van der Waals surface area contributed by atoms with Crippen molar-refractivity contribution in [3.63, 3.8) is 0 Å². The molecule has 0 spiro atoms. The summed E-state index contributed by atoms with van der Waals surface area (Å²) in [5.41, 5.74) is 3.81. The fraction of sp³-hybridized carbons (Fsp3) is 0. The van der Waals surface area contributed by atoms with Crippen LogP contribution in [0.5, 0.6) is 0 Å². The average molecular weight is 237 g/mol. The van der Waals surface area contributed by atoms with Crippen LogP contribution in [0.1, 0.15) is 5.76 Å². The molecule has 3 rings (SSSR count). The molecule has 0 saturated carbocycles. The molecule has 0 fully saturated rings. The van der Waals surface area contributed by atoms with Gasteiger partial charge in [0.2, 0.25) is 0 Å². The van der Waals surface area contributed by atoms with Gasteiger partial charge in [-0.2, -0.15) is 5.10 Å². The molecular weight excluding hydrogens is 226 g/mol. The Kier molecular flexibility index (Phi) is 2.75. The summed E-state index contributed by atoms with van der Waals surface area (Å²) in [7, 11) is 0. The number of para-hydroxylation sites is 1. The maximum atomic E-state index is 5.13. The van der Waals surface area contributed by atoms with E-state index in [4.69, 9.17) is 4.42 Å². The molecule has 0 unspecified atom stereocenters. The number of hydrogen-bond acceptors (Lipinski definition) is 4. The smallest absolute Gasteiger partial charge is 0.146 e. The van der Waals surface area contributed by atoms with Gasteiger partial charge < -0.3 is 4.42 Å². The summed E-state index contributed by atoms with van der Waals surface area (Å²) in [5.74, 6) is 1.40. The van der Waals surface area contributed by atoms with Crippen LogP contribution in [0.3, 0.4) is 0 Å². The molecule has 0 aliphatic rings. The van der Waals surface area contributed by atoms with Crippen LogP contribution >= 0.6 is 0 Å². The van der Waals surface area contributed by atoms with Gasteiger partial charge in [0, 0.05) is 5.39 Å². The maximum absolute atomic E-state index is 5.13. The third-order valence-electron chi connectivity index (χ3n) is 2.51. The third kappa shape index (κ3) is 2.22. The molecule has 18 heavy (non-hydrogen) atoms. The third-order valence-corrected chi connectivity index (χ3v) is 2.51. The highest BCUT2D eigenvalue weighted by Gasteiger charge is 1.95. The lowest BCUT2D eigenvalue weighted by molar-refractivity contribution is 0.560. The van der Waals surface area contributed by atoms with E-state index < -0.39 is 0 Å². The van der Waals surface area contributed by atoms with Crippen molar-refractivity contribution in [3.05, 3.63) is 60.6 Å². The van der Waals surface area contributed by atoms with Crippen LogP contribution in [0.2, 0.25) is 0 Å². The summed E-state index contributed by atoms with van der Waals surface area (Å²) in [6.45, 7) is 0. The van der Waals surface area contributed by atoms with Crippen LogP contribution in [0.15, 0.2) is 64.3 Å². The highest BCUT2D eigenvalue weighted by atomic mass is 16.3. The molecule has 2 aromatic heterocycles. The Bertz CT molecular complexity index is 674. The number of pyridine rings is 1. The van der Waals surface area contributed by atoms with Crippen molar-refractivity contribution in [1.29, 1.82) is 0 Å².